The van der Waals surface area contributed by atoms with Crippen LogP contribution in [0.25, 0.3) is 0 Å². The van der Waals surface area contributed by atoms with E-state index in [4.69, 9.17) is 15.6 Å². The number of nitrogens with one attached hydrogen (secondary N) is 1. The summed E-state index contributed by atoms with van der Waals surface area (Å²) in [4.78, 5) is 13.9. The molecule has 112 valence electrons. The number of nitrogens with zero attached hydrogens (tertiary/aromatic N) is 1. The molecule has 0 unspecified atom stereocenters. The van der Waals surface area contributed by atoms with Gasteiger partial charge in [0.1, 0.15) is 5.75 Å². The minimum absolute atomic E-state index is 0.0981. The average molecular weight is 281 g/mol. The third kappa shape index (κ3) is 5.07. The van der Waals surface area contributed by atoms with Gasteiger partial charge < -0.3 is 25.8 Å². The number of carbonyl (C=O) groups excluding carboxylic acids is 1. The quantitative estimate of drug-likeness (QED) is 0.617. The highest BCUT2D eigenvalue weighted by molar-refractivity contribution is 5.94. The normalized spacial score (nSPS) is 10.6. The molecule has 0 aliphatic carbocycles. The number of hydrogen-bond donors (Lipinski definition) is 3. The van der Waals surface area contributed by atoms with Crippen LogP contribution in [0, 0.1) is 0 Å². The maximum atomic E-state index is 11.9. The topological polar surface area (TPSA) is 87.8 Å². The van der Waals surface area contributed by atoms with Gasteiger partial charge in [-0.15, -0.1) is 0 Å². The molecule has 4 N–H and O–H groups in total. The lowest BCUT2D eigenvalue weighted by molar-refractivity contribution is -0.116. The largest absolute Gasteiger partial charge is 0.497 e. The van der Waals surface area contributed by atoms with Crippen LogP contribution in [0.1, 0.15) is 13.3 Å². The van der Waals surface area contributed by atoms with Gasteiger partial charge in [-0.05, 0) is 18.7 Å². The summed E-state index contributed by atoms with van der Waals surface area (Å²) in [5.74, 6) is 0.554. The Kier molecular flexibility index (Phi) is 6.83. The number of nitrogen functional groups attached to an aromatic ring is 1. The SMILES string of the molecule is CCN(CCO)CCC(=O)Nc1ccc(OC)cc1N. The molecular formula is C14H23N3O3. The van der Waals surface area contributed by atoms with E-state index >= 15 is 0 Å². The number of aliphatic hydroxyl groups excluding tert-OH is 1. The second kappa shape index (κ2) is 8.39. The van der Waals surface area contributed by atoms with Crippen LogP contribution < -0.4 is 15.8 Å². The molecule has 0 radical (unpaired) electrons. The molecule has 6 nitrogen and oxygen atoms in total. The summed E-state index contributed by atoms with van der Waals surface area (Å²) in [6.07, 6.45) is 0.360. The average Bonchev–Trinajstić information content (AvgIpc) is 2.45. The van der Waals surface area contributed by atoms with Crippen molar-refractivity contribution >= 4 is 17.3 Å². The van der Waals surface area contributed by atoms with Gasteiger partial charge in [-0.3, -0.25) is 4.79 Å². The van der Waals surface area contributed by atoms with Gasteiger partial charge >= 0.3 is 0 Å². The summed E-state index contributed by atoms with van der Waals surface area (Å²) < 4.78 is 5.05. The summed E-state index contributed by atoms with van der Waals surface area (Å²) in [6.45, 7) is 4.09. The second-order valence-electron chi connectivity index (χ2n) is 4.41. The minimum Gasteiger partial charge on any atom is -0.497 e. The van der Waals surface area contributed by atoms with Crippen molar-refractivity contribution in [2.75, 3.05) is 44.4 Å². The molecule has 20 heavy (non-hydrogen) atoms. The fourth-order valence-corrected chi connectivity index (χ4v) is 1.82. The number of hydrogen-bond acceptors (Lipinski definition) is 5. The highest BCUT2D eigenvalue weighted by Crippen LogP contribution is 2.24. The number of ether oxygens (including phenoxy) is 1. The number of methoxy groups -OCH3 is 1. The van der Waals surface area contributed by atoms with Gasteiger partial charge in [0.25, 0.3) is 0 Å². The van der Waals surface area contributed by atoms with E-state index in [0.717, 1.165) is 6.54 Å². The van der Waals surface area contributed by atoms with Crippen LogP contribution in [0.4, 0.5) is 11.4 Å². The maximum absolute atomic E-state index is 11.9. The van der Waals surface area contributed by atoms with Gasteiger partial charge in [0.2, 0.25) is 5.91 Å². The van der Waals surface area contributed by atoms with Crippen molar-refractivity contribution in [3.05, 3.63) is 18.2 Å². The first-order chi connectivity index (χ1) is 9.60. The molecule has 0 saturated heterocycles. The van der Waals surface area contributed by atoms with Crippen molar-refractivity contribution in [2.45, 2.75) is 13.3 Å². The minimum atomic E-state index is -0.0988. The number of amides is 1. The lowest BCUT2D eigenvalue weighted by Crippen LogP contribution is -2.30. The molecule has 0 heterocycles. The number of carbonyl (C=O) groups is 1. The maximum Gasteiger partial charge on any atom is 0.225 e. The number of likely N-dealkylation sites (N-methyl/N-ethyl adjacent to an activating group) is 1. The van der Waals surface area contributed by atoms with Gasteiger partial charge in [-0.1, -0.05) is 6.92 Å². The van der Waals surface area contributed by atoms with Crippen LogP contribution in [0.5, 0.6) is 5.75 Å². The van der Waals surface area contributed by atoms with Gasteiger partial charge in [0, 0.05) is 25.6 Å². The van der Waals surface area contributed by atoms with E-state index in [2.05, 4.69) is 5.32 Å². The lowest BCUT2D eigenvalue weighted by Gasteiger charge is -2.18. The highest BCUT2D eigenvalue weighted by Gasteiger charge is 2.08. The first-order valence-electron chi connectivity index (χ1n) is 6.67. The van der Waals surface area contributed by atoms with Gasteiger partial charge in [-0.25, -0.2) is 0 Å². The van der Waals surface area contributed by atoms with Crippen LogP contribution in [0.2, 0.25) is 0 Å². The van der Waals surface area contributed by atoms with E-state index in [1.807, 2.05) is 11.8 Å². The lowest BCUT2D eigenvalue weighted by atomic mass is 10.2. The highest BCUT2D eigenvalue weighted by atomic mass is 16.5. The van der Waals surface area contributed by atoms with Crippen LogP contribution in [0.3, 0.4) is 0 Å². The zero-order chi connectivity index (χ0) is 15.0. The molecule has 6 heteroatoms. The van der Waals surface area contributed by atoms with Crippen molar-refractivity contribution in [1.29, 1.82) is 0 Å². The number of anilines is 2. The number of benzene rings is 1. The fourth-order valence-electron chi connectivity index (χ4n) is 1.82. The van der Waals surface area contributed by atoms with Crippen molar-refractivity contribution in [3.63, 3.8) is 0 Å². The Morgan fingerprint density at radius 1 is 1.45 bits per heavy atom. The molecule has 0 aromatic heterocycles. The van der Waals surface area contributed by atoms with Crippen molar-refractivity contribution in [1.82, 2.24) is 4.90 Å². The summed E-state index contributed by atoms with van der Waals surface area (Å²) in [5, 5.41) is 11.7. The first kappa shape index (κ1) is 16.3. The van der Waals surface area contributed by atoms with E-state index in [9.17, 15) is 4.79 Å². The molecule has 1 rings (SSSR count). The third-order valence-electron chi connectivity index (χ3n) is 3.05. The predicted molar refractivity (Wildman–Crippen MR) is 79.9 cm³/mol. The predicted octanol–water partition coefficient (Wildman–Crippen LogP) is 0.920. The fraction of sp³-hybridized carbons (Fsp3) is 0.500. The monoisotopic (exact) mass is 281 g/mol. The molecule has 0 atom stereocenters. The van der Waals surface area contributed by atoms with Crippen LogP contribution in [0.15, 0.2) is 18.2 Å². The third-order valence-corrected chi connectivity index (χ3v) is 3.05. The summed E-state index contributed by atoms with van der Waals surface area (Å²) in [6, 6.07) is 5.13. The molecule has 0 bridgehead atoms. The Bertz CT molecular complexity index is 438. The van der Waals surface area contributed by atoms with E-state index in [-0.39, 0.29) is 12.5 Å². The zero-order valence-electron chi connectivity index (χ0n) is 12.1. The molecule has 0 aliphatic rings. The number of nitrogens with two attached hydrogens (primary N) is 1. The second-order valence-corrected chi connectivity index (χ2v) is 4.41. The van der Waals surface area contributed by atoms with Crippen molar-refractivity contribution in [3.8, 4) is 5.75 Å². The van der Waals surface area contributed by atoms with Crippen LogP contribution in [-0.4, -0.2) is 49.3 Å². The van der Waals surface area contributed by atoms with E-state index in [1.165, 1.54) is 0 Å². The van der Waals surface area contributed by atoms with Crippen LogP contribution in [-0.2, 0) is 4.79 Å². The first-order valence-corrected chi connectivity index (χ1v) is 6.67. The molecule has 1 aromatic carbocycles. The zero-order valence-corrected chi connectivity index (χ0v) is 12.1. The van der Waals surface area contributed by atoms with Gasteiger partial charge in [0.05, 0.1) is 25.1 Å². The van der Waals surface area contributed by atoms with E-state index < -0.39 is 0 Å². The molecule has 0 aliphatic heterocycles. The van der Waals surface area contributed by atoms with E-state index in [1.54, 1.807) is 25.3 Å². The summed E-state index contributed by atoms with van der Waals surface area (Å²) in [7, 11) is 1.56. The van der Waals surface area contributed by atoms with Crippen molar-refractivity contribution in [2.24, 2.45) is 0 Å². The smallest absolute Gasteiger partial charge is 0.225 e. The molecule has 1 aromatic rings. The molecule has 0 fully saturated rings. The molecule has 0 spiro atoms. The number of aliphatic hydroxyl groups is 1. The van der Waals surface area contributed by atoms with Crippen molar-refractivity contribution < 1.29 is 14.6 Å². The number of rotatable bonds is 8. The Hall–Kier alpha value is -1.79. The Balaban J connectivity index is 2.50. The summed E-state index contributed by atoms with van der Waals surface area (Å²) in [5.41, 5.74) is 6.89. The molecule has 0 saturated carbocycles. The molecular weight excluding hydrogens is 258 g/mol. The van der Waals surface area contributed by atoms with Gasteiger partial charge in [-0.2, -0.15) is 0 Å². The standard InChI is InChI=1S/C14H23N3O3/c1-3-17(8-9-18)7-6-14(19)16-13-5-4-11(20-2)10-12(13)15/h4-5,10,18H,3,6-9,15H2,1-2H3,(H,16,19). The van der Waals surface area contributed by atoms with Crippen LogP contribution >= 0.6 is 0 Å². The molecule has 1 amide bonds. The summed E-state index contributed by atoms with van der Waals surface area (Å²) >= 11 is 0. The van der Waals surface area contributed by atoms with Gasteiger partial charge in [0.15, 0.2) is 0 Å². The van der Waals surface area contributed by atoms with E-state index in [0.29, 0.717) is 36.6 Å². The Labute approximate surface area is 119 Å². The Morgan fingerprint density at radius 2 is 2.20 bits per heavy atom. The Morgan fingerprint density at radius 3 is 2.75 bits per heavy atom.